The largest absolute Gasteiger partial charge is 1.00 e. The van der Waals surface area contributed by atoms with Crippen molar-refractivity contribution in [1.82, 2.24) is 0 Å². The van der Waals surface area contributed by atoms with Gasteiger partial charge in [-0.05, 0) is 80.1 Å². The molecule has 7 atom stereocenters. The summed E-state index contributed by atoms with van der Waals surface area (Å²) < 4.78 is 0. The summed E-state index contributed by atoms with van der Waals surface area (Å²) in [7, 11) is 0. The molecule has 0 aromatic carbocycles. The van der Waals surface area contributed by atoms with Crippen LogP contribution < -0.4 is 29.6 Å². The van der Waals surface area contributed by atoms with Gasteiger partial charge in [0, 0.05) is 6.42 Å². The van der Waals surface area contributed by atoms with Gasteiger partial charge in [0.05, 0.1) is 12.0 Å². The number of aliphatic hydroxyl groups excluding tert-OH is 1. The molecule has 2 unspecified atom stereocenters. The number of rotatable bonds is 3. The standard InChI is InChI=1S/C22H30O4.Na.H/c1-3-18(23)21(26)16-11-15-12(10-19(16)24)4-5-14-13(15)8-9-22(2)17(14)6-7-20(22)25;;/h10,13-17,20,25H,3-9,11H2,1-2H3;;/q;+1;-1/t13-,14+,15+,16?,17?,20+,22+;;/m1../s1. The molecule has 0 bridgehead atoms. The molecule has 0 aromatic heterocycles. The minimum absolute atomic E-state index is 0. The third kappa shape index (κ3) is 3.35. The molecule has 1 N–H and O–H groups in total. The van der Waals surface area contributed by atoms with Crippen LogP contribution in [0.3, 0.4) is 0 Å². The van der Waals surface area contributed by atoms with Crippen molar-refractivity contribution in [2.75, 3.05) is 0 Å². The summed E-state index contributed by atoms with van der Waals surface area (Å²) in [5.74, 6) is 0.108. The summed E-state index contributed by atoms with van der Waals surface area (Å²) >= 11 is 0. The van der Waals surface area contributed by atoms with Crippen LogP contribution in [0.4, 0.5) is 0 Å². The van der Waals surface area contributed by atoms with E-state index in [1.807, 2.05) is 0 Å². The first-order valence-corrected chi connectivity index (χ1v) is 10.4. The predicted molar refractivity (Wildman–Crippen MR) is 98.4 cm³/mol. The van der Waals surface area contributed by atoms with Gasteiger partial charge in [-0.25, -0.2) is 0 Å². The predicted octanol–water partition coefficient (Wildman–Crippen LogP) is 0.380. The van der Waals surface area contributed by atoms with Gasteiger partial charge in [0.2, 0.25) is 5.78 Å². The van der Waals surface area contributed by atoms with Crippen LogP contribution in [-0.2, 0) is 14.4 Å². The molecule has 5 heteroatoms. The van der Waals surface area contributed by atoms with E-state index in [0.717, 1.165) is 38.5 Å². The molecule has 0 amide bonds. The monoisotopic (exact) mass is 382 g/mol. The second-order valence-corrected chi connectivity index (χ2v) is 9.27. The average Bonchev–Trinajstić information content (AvgIpc) is 2.94. The van der Waals surface area contributed by atoms with Gasteiger partial charge >= 0.3 is 29.6 Å². The zero-order valence-electron chi connectivity index (χ0n) is 17.9. The molecule has 0 heterocycles. The fourth-order valence-electron chi connectivity index (χ4n) is 6.76. The molecule has 27 heavy (non-hydrogen) atoms. The Balaban J connectivity index is 0.00000140. The molecule has 4 nitrogen and oxygen atoms in total. The minimum atomic E-state index is -0.752. The first-order valence-electron chi connectivity index (χ1n) is 10.4. The van der Waals surface area contributed by atoms with Crippen LogP contribution in [0.1, 0.15) is 66.6 Å². The van der Waals surface area contributed by atoms with Crippen molar-refractivity contribution < 1.29 is 50.5 Å². The average molecular weight is 382 g/mol. The zero-order valence-corrected chi connectivity index (χ0v) is 18.9. The molecule has 4 aliphatic carbocycles. The van der Waals surface area contributed by atoms with Gasteiger partial charge in [0.25, 0.3) is 0 Å². The van der Waals surface area contributed by atoms with Crippen molar-refractivity contribution >= 4 is 17.3 Å². The summed E-state index contributed by atoms with van der Waals surface area (Å²) in [5, 5.41) is 10.5. The molecule has 0 aromatic rings. The fourth-order valence-corrected chi connectivity index (χ4v) is 6.76. The quantitative estimate of drug-likeness (QED) is 0.435. The van der Waals surface area contributed by atoms with Gasteiger partial charge in [0.15, 0.2) is 11.6 Å². The van der Waals surface area contributed by atoms with E-state index in [0.29, 0.717) is 24.2 Å². The number of aliphatic hydroxyl groups is 1. The Kier molecular flexibility index (Phi) is 6.23. The van der Waals surface area contributed by atoms with E-state index in [9.17, 15) is 19.5 Å². The van der Waals surface area contributed by atoms with Crippen LogP contribution in [0.15, 0.2) is 11.6 Å². The van der Waals surface area contributed by atoms with Gasteiger partial charge < -0.3 is 6.53 Å². The maximum Gasteiger partial charge on any atom is 1.00 e. The van der Waals surface area contributed by atoms with Gasteiger partial charge in [-0.15, -0.1) is 0 Å². The normalized spacial score (nSPS) is 42.9. The van der Waals surface area contributed by atoms with E-state index in [1.54, 1.807) is 13.0 Å². The molecule has 4 rings (SSSR count). The van der Waals surface area contributed by atoms with Gasteiger partial charge in [-0.3, -0.25) is 14.4 Å². The number of fused-ring (bicyclic) bond motifs is 5. The van der Waals surface area contributed by atoms with E-state index < -0.39 is 17.5 Å². The second-order valence-electron chi connectivity index (χ2n) is 9.27. The number of carbonyl (C=O) groups excluding carboxylic acids is 3. The third-order valence-corrected chi connectivity index (χ3v) is 8.28. The summed E-state index contributed by atoms with van der Waals surface area (Å²) in [5.41, 5.74) is 1.26. The van der Waals surface area contributed by atoms with Crippen LogP contribution in [0.5, 0.6) is 0 Å². The number of Topliss-reactive ketones (excluding diaryl/α,β-unsaturated/α-hetero) is 2. The van der Waals surface area contributed by atoms with Crippen LogP contribution in [0.2, 0.25) is 0 Å². The molecular weight excluding hydrogens is 351 g/mol. The minimum Gasteiger partial charge on any atom is -1.00 e. The molecule has 0 saturated heterocycles. The van der Waals surface area contributed by atoms with Crippen LogP contribution in [0, 0.1) is 35.0 Å². The molecule has 0 radical (unpaired) electrons. The van der Waals surface area contributed by atoms with E-state index >= 15 is 0 Å². The first-order chi connectivity index (χ1) is 12.4. The zero-order chi connectivity index (χ0) is 18.6. The smallest absolute Gasteiger partial charge is 1.00 e. The maximum atomic E-state index is 12.5. The summed E-state index contributed by atoms with van der Waals surface area (Å²) in [6, 6.07) is 0. The SMILES string of the molecule is CCC(=O)C(=O)C1C[C@H]2C(=CC1=O)CC[C@@H]1C3CC[C@H](O)[C@@]3(C)CC[C@H]12.[H-].[Na+]. The van der Waals surface area contributed by atoms with Crippen LogP contribution in [-0.4, -0.2) is 28.6 Å². The van der Waals surface area contributed by atoms with Crippen molar-refractivity contribution in [2.24, 2.45) is 35.0 Å². The molecule has 3 fully saturated rings. The Morgan fingerprint density at radius 1 is 1.22 bits per heavy atom. The molecule has 3 saturated carbocycles. The second kappa shape index (κ2) is 7.85. The number of hydrogen-bond acceptors (Lipinski definition) is 4. The Morgan fingerprint density at radius 2 is 1.96 bits per heavy atom. The van der Waals surface area contributed by atoms with Crippen molar-refractivity contribution in [3.05, 3.63) is 11.6 Å². The Hall–Kier alpha value is -0.290. The van der Waals surface area contributed by atoms with Crippen LogP contribution >= 0.6 is 0 Å². The van der Waals surface area contributed by atoms with E-state index in [-0.39, 0.29) is 60.6 Å². The third-order valence-electron chi connectivity index (χ3n) is 8.28. The van der Waals surface area contributed by atoms with Gasteiger partial charge in [-0.1, -0.05) is 19.4 Å². The number of allylic oxidation sites excluding steroid dienone is 1. The topological polar surface area (TPSA) is 71.4 Å². The molecule has 4 aliphatic rings. The van der Waals surface area contributed by atoms with Crippen molar-refractivity contribution in [3.63, 3.8) is 0 Å². The Labute approximate surface area is 185 Å². The summed E-state index contributed by atoms with van der Waals surface area (Å²) in [4.78, 5) is 36.8. The number of ketones is 3. The first kappa shape index (κ1) is 21.4. The number of carbonyl (C=O) groups is 3. The van der Waals surface area contributed by atoms with Crippen molar-refractivity contribution in [1.29, 1.82) is 0 Å². The molecule has 144 valence electrons. The molecular formula is C22H31NaO4. The van der Waals surface area contributed by atoms with Gasteiger partial charge in [-0.2, -0.15) is 0 Å². The van der Waals surface area contributed by atoms with Crippen molar-refractivity contribution in [3.8, 4) is 0 Å². The van der Waals surface area contributed by atoms with Crippen LogP contribution in [0.25, 0.3) is 0 Å². The fraction of sp³-hybridized carbons (Fsp3) is 0.773. The summed E-state index contributed by atoms with van der Waals surface area (Å²) in [6.07, 6.45) is 8.35. The maximum absolute atomic E-state index is 12.5. The molecule has 0 aliphatic heterocycles. The number of hydrogen-bond donors (Lipinski definition) is 1. The van der Waals surface area contributed by atoms with Gasteiger partial charge in [0.1, 0.15) is 0 Å². The van der Waals surface area contributed by atoms with E-state index in [1.165, 1.54) is 5.57 Å². The molecule has 0 spiro atoms. The van der Waals surface area contributed by atoms with E-state index in [2.05, 4.69) is 6.92 Å². The summed E-state index contributed by atoms with van der Waals surface area (Å²) in [6.45, 7) is 3.94. The Morgan fingerprint density at radius 3 is 2.67 bits per heavy atom. The van der Waals surface area contributed by atoms with E-state index in [4.69, 9.17) is 0 Å². The van der Waals surface area contributed by atoms with Crippen molar-refractivity contribution in [2.45, 2.75) is 71.3 Å². The Bertz CT molecular complexity index is 690.